The SMILES string of the molecule is CCOC(=O)CC#Cc1ccc(O)cc1OC. The van der Waals surface area contributed by atoms with Gasteiger partial charge in [-0.2, -0.15) is 0 Å². The van der Waals surface area contributed by atoms with Gasteiger partial charge in [-0.15, -0.1) is 0 Å². The van der Waals surface area contributed by atoms with E-state index in [0.717, 1.165) is 0 Å². The van der Waals surface area contributed by atoms with Gasteiger partial charge in [-0.1, -0.05) is 11.8 Å². The van der Waals surface area contributed by atoms with Gasteiger partial charge in [0.1, 0.15) is 17.9 Å². The summed E-state index contributed by atoms with van der Waals surface area (Å²) in [7, 11) is 1.49. The van der Waals surface area contributed by atoms with Crippen molar-refractivity contribution in [1.82, 2.24) is 0 Å². The van der Waals surface area contributed by atoms with E-state index in [9.17, 15) is 9.90 Å². The molecule has 1 N–H and O–H groups in total. The fraction of sp³-hybridized carbons (Fsp3) is 0.308. The zero-order valence-electron chi connectivity index (χ0n) is 9.82. The predicted molar refractivity (Wildman–Crippen MR) is 62.8 cm³/mol. The van der Waals surface area contributed by atoms with Crippen molar-refractivity contribution in [3.05, 3.63) is 23.8 Å². The molecule has 0 amide bonds. The zero-order chi connectivity index (χ0) is 12.7. The molecule has 0 fully saturated rings. The van der Waals surface area contributed by atoms with Crippen molar-refractivity contribution in [2.45, 2.75) is 13.3 Å². The first-order valence-corrected chi connectivity index (χ1v) is 5.19. The molecule has 90 valence electrons. The van der Waals surface area contributed by atoms with Crippen molar-refractivity contribution in [1.29, 1.82) is 0 Å². The van der Waals surface area contributed by atoms with Gasteiger partial charge in [0.15, 0.2) is 0 Å². The Labute approximate surface area is 100 Å². The summed E-state index contributed by atoms with van der Waals surface area (Å²) in [6.07, 6.45) is 0.0396. The summed E-state index contributed by atoms with van der Waals surface area (Å²) < 4.78 is 9.80. The topological polar surface area (TPSA) is 55.8 Å². The minimum absolute atomic E-state index is 0.0396. The largest absolute Gasteiger partial charge is 0.508 e. The van der Waals surface area contributed by atoms with Crippen LogP contribution in [0.4, 0.5) is 0 Å². The highest BCUT2D eigenvalue weighted by Gasteiger charge is 2.01. The Kier molecular flexibility index (Phi) is 4.89. The molecule has 0 aliphatic rings. The summed E-state index contributed by atoms with van der Waals surface area (Å²) >= 11 is 0. The standard InChI is InChI=1S/C13H14O4/c1-3-17-13(15)6-4-5-10-7-8-11(14)9-12(10)16-2/h7-9,14H,3,6H2,1-2H3. The number of phenolic OH excluding ortho intramolecular Hbond substituents is 1. The van der Waals surface area contributed by atoms with Gasteiger partial charge in [-0.3, -0.25) is 4.79 Å². The van der Waals surface area contributed by atoms with Gasteiger partial charge in [0.2, 0.25) is 0 Å². The average Bonchev–Trinajstić information content (AvgIpc) is 2.31. The lowest BCUT2D eigenvalue weighted by atomic mass is 10.2. The van der Waals surface area contributed by atoms with Crippen LogP contribution in [0, 0.1) is 11.8 Å². The quantitative estimate of drug-likeness (QED) is 0.639. The minimum atomic E-state index is -0.349. The second-order valence-corrected chi connectivity index (χ2v) is 3.17. The van der Waals surface area contributed by atoms with Crippen LogP contribution < -0.4 is 4.74 Å². The smallest absolute Gasteiger partial charge is 0.317 e. The molecular weight excluding hydrogens is 220 g/mol. The Morgan fingerprint density at radius 2 is 2.24 bits per heavy atom. The van der Waals surface area contributed by atoms with Crippen LogP contribution in [0.25, 0.3) is 0 Å². The molecule has 0 radical (unpaired) electrons. The molecule has 0 aliphatic carbocycles. The molecule has 0 saturated carbocycles. The molecule has 0 aromatic heterocycles. The van der Waals surface area contributed by atoms with E-state index >= 15 is 0 Å². The normalized spacial score (nSPS) is 9.06. The average molecular weight is 234 g/mol. The molecule has 17 heavy (non-hydrogen) atoms. The van der Waals surface area contributed by atoms with E-state index in [2.05, 4.69) is 11.8 Å². The van der Waals surface area contributed by atoms with E-state index in [1.54, 1.807) is 13.0 Å². The number of methoxy groups -OCH3 is 1. The van der Waals surface area contributed by atoms with Gasteiger partial charge < -0.3 is 14.6 Å². The highest BCUT2D eigenvalue weighted by molar-refractivity contribution is 5.72. The number of esters is 1. The van der Waals surface area contributed by atoms with E-state index in [4.69, 9.17) is 9.47 Å². The molecule has 0 aliphatic heterocycles. The second-order valence-electron chi connectivity index (χ2n) is 3.17. The summed E-state index contributed by atoms with van der Waals surface area (Å²) in [5.41, 5.74) is 0.620. The molecule has 4 heteroatoms. The predicted octanol–water partition coefficient (Wildman–Crippen LogP) is 1.71. The summed E-state index contributed by atoms with van der Waals surface area (Å²) in [5, 5.41) is 9.25. The van der Waals surface area contributed by atoms with Crippen molar-refractivity contribution in [3.63, 3.8) is 0 Å². The molecular formula is C13H14O4. The third-order valence-electron chi connectivity index (χ3n) is 1.95. The first kappa shape index (κ1) is 12.9. The van der Waals surface area contributed by atoms with E-state index in [1.807, 2.05) is 0 Å². The van der Waals surface area contributed by atoms with Crippen LogP contribution >= 0.6 is 0 Å². The Hall–Kier alpha value is -2.15. The Morgan fingerprint density at radius 1 is 1.47 bits per heavy atom. The van der Waals surface area contributed by atoms with Gasteiger partial charge in [0, 0.05) is 6.07 Å². The van der Waals surface area contributed by atoms with Gasteiger partial charge in [-0.05, 0) is 19.1 Å². The number of rotatable bonds is 3. The molecule has 1 aromatic rings. The molecule has 0 spiro atoms. The molecule has 0 heterocycles. The summed E-state index contributed by atoms with van der Waals surface area (Å²) in [5.74, 6) is 5.72. The van der Waals surface area contributed by atoms with Gasteiger partial charge >= 0.3 is 5.97 Å². The molecule has 0 unspecified atom stereocenters. The van der Waals surface area contributed by atoms with Crippen LogP contribution in [-0.2, 0) is 9.53 Å². The zero-order valence-corrected chi connectivity index (χ0v) is 9.82. The van der Waals surface area contributed by atoms with Crippen LogP contribution in [0.1, 0.15) is 18.9 Å². The van der Waals surface area contributed by atoms with Crippen molar-refractivity contribution in [2.75, 3.05) is 13.7 Å². The summed E-state index contributed by atoms with van der Waals surface area (Å²) in [6.45, 7) is 2.09. The Bertz CT molecular complexity index is 454. The molecule has 1 rings (SSSR count). The van der Waals surface area contributed by atoms with Crippen LogP contribution in [0.2, 0.25) is 0 Å². The van der Waals surface area contributed by atoms with Crippen molar-refractivity contribution in [3.8, 4) is 23.3 Å². The lowest BCUT2D eigenvalue weighted by Crippen LogP contribution is -2.01. The maximum atomic E-state index is 11.0. The van der Waals surface area contributed by atoms with E-state index in [1.165, 1.54) is 19.2 Å². The van der Waals surface area contributed by atoms with Crippen LogP contribution in [-0.4, -0.2) is 24.8 Å². The molecule has 0 atom stereocenters. The van der Waals surface area contributed by atoms with Crippen molar-refractivity contribution in [2.24, 2.45) is 0 Å². The van der Waals surface area contributed by atoms with E-state index in [0.29, 0.717) is 17.9 Å². The van der Waals surface area contributed by atoms with Crippen molar-refractivity contribution >= 4 is 5.97 Å². The number of phenols is 1. The van der Waals surface area contributed by atoms with Crippen LogP contribution in [0.15, 0.2) is 18.2 Å². The third kappa shape index (κ3) is 4.07. The maximum absolute atomic E-state index is 11.0. The highest BCUT2D eigenvalue weighted by Crippen LogP contribution is 2.22. The van der Waals surface area contributed by atoms with Crippen molar-refractivity contribution < 1.29 is 19.4 Å². The summed E-state index contributed by atoms with van der Waals surface area (Å²) in [4.78, 5) is 11.0. The molecule has 0 bridgehead atoms. The third-order valence-corrected chi connectivity index (χ3v) is 1.95. The van der Waals surface area contributed by atoms with E-state index in [-0.39, 0.29) is 18.1 Å². The number of benzene rings is 1. The molecule has 4 nitrogen and oxygen atoms in total. The number of hydrogen-bond donors (Lipinski definition) is 1. The highest BCUT2D eigenvalue weighted by atomic mass is 16.5. The number of ether oxygens (including phenoxy) is 2. The minimum Gasteiger partial charge on any atom is -0.508 e. The summed E-state index contributed by atoms with van der Waals surface area (Å²) in [6, 6.07) is 4.61. The first-order chi connectivity index (χ1) is 8.17. The number of hydrogen-bond acceptors (Lipinski definition) is 4. The molecule has 1 aromatic carbocycles. The lowest BCUT2D eigenvalue weighted by Gasteiger charge is -2.02. The maximum Gasteiger partial charge on any atom is 0.317 e. The van der Waals surface area contributed by atoms with Gasteiger partial charge in [0.25, 0.3) is 0 Å². The monoisotopic (exact) mass is 234 g/mol. The van der Waals surface area contributed by atoms with Crippen LogP contribution in [0.5, 0.6) is 11.5 Å². The number of carbonyl (C=O) groups is 1. The lowest BCUT2D eigenvalue weighted by molar-refractivity contribution is -0.141. The number of aromatic hydroxyl groups is 1. The number of carbonyl (C=O) groups excluding carboxylic acids is 1. The fourth-order valence-electron chi connectivity index (χ4n) is 1.21. The van der Waals surface area contributed by atoms with Gasteiger partial charge in [-0.25, -0.2) is 0 Å². The van der Waals surface area contributed by atoms with Crippen LogP contribution in [0.3, 0.4) is 0 Å². The van der Waals surface area contributed by atoms with E-state index < -0.39 is 0 Å². The molecule has 0 saturated heterocycles. The first-order valence-electron chi connectivity index (χ1n) is 5.19. The Morgan fingerprint density at radius 3 is 2.88 bits per heavy atom. The Balaban J connectivity index is 2.74. The van der Waals surface area contributed by atoms with Gasteiger partial charge in [0.05, 0.1) is 19.3 Å². The second kappa shape index (κ2) is 6.44. The fourth-order valence-corrected chi connectivity index (χ4v) is 1.21.